The number of hydrogen-bond donors (Lipinski definition) is 2. The smallest absolute Gasteiger partial charge is 0.271 e. The molecule has 0 aliphatic rings. The lowest BCUT2D eigenvalue weighted by atomic mass is 10.2. The average Bonchev–Trinajstić information content (AvgIpc) is 2.21. The van der Waals surface area contributed by atoms with Gasteiger partial charge in [-0.05, 0) is 12.5 Å². The van der Waals surface area contributed by atoms with Gasteiger partial charge in [0.2, 0.25) is 5.91 Å². The number of non-ortho nitro benzene ring substituents is 1. The molecule has 0 spiro atoms. The van der Waals surface area contributed by atoms with E-state index in [0.29, 0.717) is 5.69 Å². The first-order valence-electron chi connectivity index (χ1n) is 4.79. The van der Waals surface area contributed by atoms with Gasteiger partial charge in [0, 0.05) is 25.1 Å². The molecule has 0 heterocycles. The third kappa shape index (κ3) is 4.38. The Kier molecular flexibility index (Phi) is 6.16. The van der Waals surface area contributed by atoms with E-state index in [1.54, 1.807) is 13.0 Å². The van der Waals surface area contributed by atoms with Gasteiger partial charge >= 0.3 is 0 Å². The van der Waals surface area contributed by atoms with Crippen molar-refractivity contribution in [1.29, 1.82) is 0 Å². The third-order valence-electron chi connectivity index (χ3n) is 2.08. The highest BCUT2D eigenvalue weighted by Crippen LogP contribution is 2.21. The van der Waals surface area contributed by atoms with Crippen LogP contribution in [0.4, 0.5) is 11.4 Å². The number of nitrogens with two attached hydrogens (primary N) is 1. The molecule has 94 valence electrons. The number of benzene rings is 1. The maximum absolute atomic E-state index is 11.3. The first-order valence-corrected chi connectivity index (χ1v) is 4.79. The van der Waals surface area contributed by atoms with Gasteiger partial charge in [-0.2, -0.15) is 0 Å². The maximum atomic E-state index is 11.3. The summed E-state index contributed by atoms with van der Waals surface area (Å²) >= 11 is 0. The average molecular weight is 260 g/mol. The molecule has 0 bridgehead atoms. The second-order valence-electron chi connectivity index (χ2n) is 3.34. The molecule has 7 heteroatoms. The highest BCUT2D eigenvalue weighted by Gasteiger charge is 2.10. The lowest BCUT2D eigenvalue weighted by Crippen LogP contribution is -2.16. The number of rotatable bonds is 4. The van der Waals surface area contributed by atoms with Crippen LogP contribution in [-0.4, -0.2) is 17.4 Å². The summed E-state index contributed by atoms with van der Waals surface area (Å²) in [6.07, 6.45) is 0.197. The standard InChI is InChI=1S/C10H13N3O3.ClH/c1-7-2-3-8(13(15)16)6-9(7)12-10(14)4-5-11;/h2-3,6H,4-5,11H2,1H3,(H,12,14);1H. The van der Waals surface area contributed by atoms with Crippen molar-refractivity contribution in [2.45, 2.75) is 13.3 Å². The first kappa shape index (κ1) is 15.3. The lowest BCUT2D eigenvalue weighted by Gasteiger charge is -2.07. The predicted molar refractivity (Wildman–Crippen MR) is 67.4 cm³/mol. The van der Waals surface area contributed by atoms with Gasteiger partial charge in [0.1, 0.15) is 0 Å². The van der Waals surface area contributed by atoms with Crippen molar-refractivity contribution in [3.05, 3.63) is 33.9 Å². The summed E-state index contributed by atoms with van der Waals surface area (Å²) in [5, 5.41) is 13.1. The summed E-state index contributed by atoms with van der Waals surface area (Å²) in [4.78, 5) is 21.3. The highest BCUT2D eigenvalue weighted by molar-refractivity contribution is 5.91. The fraction of sp³-hybridized carbons (Fsp3) is 0.300. The second kappa shape index (κ2) is 6.82. The van der Waals surface area contributed by atoms with E-state index in [2.05, 4.69) is 5.32 Å². The van der Waals surface area contributed by atoms with Crippen LogP contribution in [0.1, 0.15) is 12.0 Å². The zero-order valence-electron chi connectivity index (χ0n) is 9.30. The summed E-state index contributed by atoms with van der Waals surface area (Å²) in [6.45, 7) is 2.02. The van der Waals surface area contributed by atoms with Crippen LogP contribution in [0.3, 0.4) is 0 Å². The molecule has 0 unspecified atom stereocenters. The molecular formula is C10H14ClN3O3. The Morgan fingerprint density at radius 3 is 2.71 bits per heavy atom. The Bertz CT molecular complexity index is 423. The summed E-state index contributed by atoms with van der Waals surface area (Å²) in [5.74, 6) is -0.244. The third-order valence-corrected chi connectivity index (χ3v) is 2.08. The van der Waals surface area contributed by atoms with Crippen LogP contribution in [0, 0.1) is 17.0 Å². The van der Waals surface area contributed by atoms with E-state index in [4.69, 9.17) is 5.73 Å². The normalized spacial score (nSPS) is 9.29. The molecule has 3 N–H and O–H groups in total. The fourth-order valence-electron chi connectivity index (χ4n) is 1.20. The number of nitro benzene ring substituents is 1. The Labute approximate surface area is 105 Å². The van der Waals surface area contributed by atoms with Crippen LogP contribution in [0.25, 0.3) is 0 Å². The van der Waals surface area contributed by atoms with Gasteiger partial charge in [-0.1, -0.05) is 6.07 Å². The summed E-state index contributed by atoms with van der Waals surface area (Å²) in [5.41, 5.74) is 6.41. The Morgan fingerprint density at radius 1 is 1.53 bits per heavy atom. The summed E-state index contributed by atoms with van der Waals surface area (Å²) in [7, 11) is 0. The van der Waals surface area contributed by atoms with E-state index >= 15 is 0 Å². The summed E-state index contributed by atoms with van der Waals surface area (Å²) < 4.78 is 0. The summed E-state index contributed by atoms with van der Waals surface area (Å²) in [6, 6.07) is 4.33. The molecule has 0 aliphatic heterocycles. The van der Waals surface area contributed by atoms with E-state index < -0.39 is 4.92 Å². The van der Waals surface area contributed by atoms with Crippen molar-refractivity contribution in [2.24, 2.45) is 5.73 Å². The molecule has 17 heavy (non-hydrogen) atoms. The largest absolute Gasteiger partial charge is 0.330 e. The van der Waals surface area contributed by atoms with Crippen molar-refractivity contribution < 1.29 is 9.72 Å². The van der Waals surface area contributed by atoms with E-state index in [1.807, 2.05) is 0 Å². The lowest BCUT2D eigenvalue weighted by molar-refractivity contribution is -0.384. The van der Waals surface area contributed by atoms with Gasteiger partial charge in [-0.3, -0.25) is 14.9 Å². The topological polar surface area (TPSA) is 98.3 Å². The Hall–Kier alpha value is -1.66. The van der Waals surface area contributed by atoms with Crippen LogP contribution >= 0.6 is 12.4 Å². The van der Waals surface area contributed by atoms with Crippen LogP contribution in [0.15, 0.2) is 18.2 Å². The molecule has 1 aromatic carbocycles. The molecule has 0 fully saturated rings. The minimum absolute atomic E-state index is 0. The molecule has 0 saturated heterocycles. The van der Waals surface area contributed by atoms with Crippen molar-refractivity contribution in [1.82, 2.24) is 0 Å². The molecule has 1 amide bonds. The predicted octanol–water partition coefficient (Wildman–Crippen LogP) is 1.61. The van der Waals surface area contributed by atoms with E-state index in [1.165, 1.54) is 12.1 Å². The number of nitro groups is 1. The van der Waals surface area contributed by atoms with Crippen LogP contribution in [0.2, 0.25) is 0 Å². The van der Waals surface area contributed by atoms with Gasteiger partial charge in [-0.15, -0.1) is 12.4 Å². The number of hydrogen-bond acceptors (Lipinski definition) is 4. The number of carbonyl (C=O) groups is 1. The molecule has 6 nitrogen and oxygen atoms in total. The molecule has 1 rings (SSSR count). The number of aryl methyl sites for hydroxylation is 1. The minimum atomic E-state index is -0.502. The molecule has 0 atom stereocenters. The van der Waals surface area contributed by atoms with Gasteiger partial charge in [0.15, 0.2) is 0 Å². The van der Waals surface area contributed by atoms with Crippen molar-refractivity contribution >= 4 is 29.7 Å². The van der Waals surface area contributed by atoms with Crippen molar-refractivity contribution in [2.75, 3.05) is 11.9 Å². The molecule has 0 aliphatic carbocycles. The molecule has 0 aromatic heterocycles. The highest BCUT2D eigenvalue weighted by atomic mass is 35.5. The molecule has 0 radical (unpaired) electrons. The monoisotopic (exact) mass is 259 g/mol. The van der Waals surface area contributed by atoms with E-state index in [-0.39, 0.29) is 37.0 Å². The number of anilines is 1. The Balaban J connectivity index is 0.00000256. The molecular weight excluding hydrogens is 246 g/mol. The zero-order chi connectivity index (χ0) is 12.1. The zero-order valence-corrected chi connectivity index (χ0v) is 10.1. The number of carbonyl (C=O) groups excluding carboxylic acids is 1. The minimum Gasteiger partial charge on any atom is -0.330 e. The van der Waals surface area contributed by atoms with E-state index in [9.17, 15) is 14.9 Å². The maximum Gasteiger partial charge on any atom is 0.271 e. The first-order chi connectivity index (χ1) is 7.54. The Morgan fingerprint density at radius 2 is 2.18 bits per heavy atom. The molecule has 1 aromatic rings. The van der Waals surface area contributed by atoms with Crippen LogP contribution in [-0.2, 0) is 4.79 Å². The van der Waals surface area contributed by atoms with Crippen LogP contribution < -0.4 is 11.1 Å². The van der Waals surface area contributed by atoms with Crippen LogP contribution in [0.5, 0.6) is 0 Å². The number of halogens is 1. The quantitative estimate of drug-likeness (QED) is 0.634. The van der Waals surface area contributed by atoms with E-state index in [0.717, 1.165) is 5.56 Å². The SMILES string of the molecule is Cc1ccc([N+](=O)[O-])cc1NC(=O)CCN.Cl. The van der Waals surface area contributed by atoms with Gasteiger partial charge < -0.3 is 11.1 Å². The van der Waals surface area contributed by atoms with Crippen molar-refractivity contribution in [3.8, 4) is 0 Å². The molecule has 0 saturated carbocycles. The van der Waals surface area contributed by atoms with Crippen molar-refractivity contribution in [3.63, 3.8) is 0 Å². The fourth-order valence-corrected chi connectivity index (χ4v) is 1.20. The van der Waals surface area contributed by atoms with Gasteiger partial charge in [0.25, 0.3) is 5.69 Å². The number of nitrogens with zero attached hydrogens (tertiary/aromatic N) is 1. The van der Waals surface area contributed by atoms with Gasteiger partial charge in [-0.25, -0.2) is 0 Å². The van der Waals surface area contributed by atoms with Gasteiger partial charge in [0.05, 0.1) is 10.6 Å². The second-order valence-corrected chi connectivity index (χ2v) is 3.34. The number of amides is 1. The number of nitrogens with one attached hydrogen (secondary N) is 1.